The maximum Gasteiger partial charge on any atom is 0.410 e. The van der Waals surface area contributed by atoms with Gasteiger partial charge in [-0.25, -0.2) is 9.59 Å². The van der Waals surface area contributed by atoms with Gasteiger partial charge < -0.3 is 24.8 Å². The molecule has 0 saturated carbocycles. The van der Waals surface area contributed by atoms with E-state index in [1.54, 1.807) is 20.8 Å². The molecule has 1 unspecified atom stereocenters. The van der Waals surface area contributed by atoms with Gasteiger partial charge in [-0.15, -0.1) is 0 Å². The molecule has 1 aromatic rings. The molecule has 1 aromatic carbocycles. The summed E-state index contributed by atoms with van der Waals surface area (Å²) >= 11 is 0. The Kier molecular flexibility index (Phi) is 7.60. The van der Waals surface area contributed by atoms with Crippen molar-refractivity contribution in [2.24, 2.45) is 0 Å². The van der Waals surface area contributed by atoms with E-state index in [9.17, 15) is 29.6 Å². The summed E-state index contributed by atoms with van der Waals surface area (Å²) in [6.07, 6.45) is -1.47. The quantitative estimate of drug-likeness (QED) is 0.480. The minimum atomic E-state index is -0.907. The van der Waals surface area contributed by atoms with Crippen molar-refractivity contribution >= 4 is 23.8 Å². The van der Waals surface area contributed by atoms with Gasteiger partial charge in [0, 0.05) is 37.7 Å². The van der Waals surface area contributed by atoms with E-state index >= 15 is 0 Å². The summed E-state index contributed by atoms with van der Waals surface area (Å²) < 4.78 is 10.6. The zero-order valence-electron chi connectivity index (χ0n) is 19.4. The number of nitro groups is 1. The first-order valence-corrected chi connectivity index (χ1v) is 11.1. The number of rotatable bonds is 5. The van der Waals surface area contributed by atoms with Crippen molar-refractivity contribution in [1.29, 1.82) is 0 Å². The number of ether oxygens (including phenoxy) is 2. The topological polar surface area (TPSA) is 152 Å². The number of aliphatic hydroxyl groups is 1. The van der Waals surface area contributed by atoms with Crippen LogP contribution in [0.3, 0.4) is 0 Å². The molecular weight excluding hydrogens is 448 g/mol. The first-order chi connectivity index (χ1) is 15.9. The van der Waals surface area contributed by atoms with Crippen LogP contribution in [0.4, 0.5) is 15.3 Å². The maximum atomic E-state index is 12.9. The lowest BCUT2D eigenvalue weighted by Gasteiger charge is -2.25. The Morgan fingerprint density at radius 2 is 1.85 bits per heavy atom. The molecule has 0 aromatic heterocycles. The molecule has 3 rings (SSSR count). The van der Waals surface area contributed by atoms with Crippen LogP contribution in [0.15, 0.2) is 24.3 Å². The largest absolute Gasteiger partial charge is 0.445 e. The third-order valence-electron chi connectivity index (χ3n) is 5.51. The van der Waals surface area contributed by atoms with Crippen molar-refractivity contribution in [3.63, 3.8) is 0 Å². The van der Waals surface area contributed by atoms with Crippen molar-refractivity contribution in [2.45, 2.75) is 64.0 Å². The van der Waals surface area contributed by atoms with Gasteiger partial charge in [0.05, 0.1) is 17.6 Å². The molecule has 2 fully saturated rings. The molecule has 3 atom stereocenters. The Morgan fingerprint density at radius 1 is 1.18 bits per heavy atom. The van der Waals surface area contributed by atoms with Gasteiger partial charge in [-0.3, -0.25) is 19.8 Å². The summed E-state index contributed by atoms with van der Waals surface area (Å²) in [4.78, 5) is 50.6. The van der Waals surface area contributed by atoms with Crippen LogP contribution in [0.2, 0.25) is 0 Å². The van der Waals surface area contributed by atoms with E-state index in [2.05, 4.69) is 5.32 Å². The summed E-state index contributed by atoms with van der Waals surface area (Å²) in [6, 6.07) is 4.36. The number of hydrogen-bond acceptors (Lipinski definition) is 8. The second-order valence-electron chi connectivity index (χ2n) is 9.46. The molecule has 0 bridgehead atoms. The van der Waals surface area contributed by atoms with Gasteiger partial charge in [0.25, 0.3) is 5.69 Å². The summed E-state index contributed by atoms with van der Waals surface area (Å²) in [6.45, 7) is 5.88. The van der Waals surface area contributed by atoms with Gasteiger partial charge in [0.2, 0.25) is 5.91 Å². The molecule has 0 radical (unpaired) electrons. The Morgan fingerprint density at radius 3 is 2.47 bits per heavy atom. The van der Waals surface area contributed by atoms with Crippen LogP contribution in [-0.4, -0.2) is 81.3 Å². The minimum Gasteiger partial charge on any atom is -0.445 e. The number of β-amino-alcohol motifs (C(OH)–C–C–N with tert-alkyl or cyclic N) is 1. The summed E-state index contributed by atoms with van der Waals surface area (Å²) in [7, 11) is 0. The highest BCUT2D eigenvalue weighted by atomic mass is 16.6. The number of nitrogens with zero attached hydrogens (tertiary/aromatic N) is 3. The van der Waals surface area contributed by atoms with E-state index in [1.807, 2.05) is 0 Å². The van der Waals surface area contributed by atoms with Gasteiger partial charge in [-0.05, 0) is 44.9 Å². The number of carbonyl (C=O) groups is 3. The van der Waals surface area contributed by atoms with Crippen molar-refractivity contribution in [1.82, 2.24) is 15.1 Å². The molecular formula is C22H30N4O8. The fraction of sp³-hybridized carbons (Fsp3) is 0.591. The standard InChI is InChI=1S/C22H30N4O8/c1-22(2,3)34-20(29)24-9-8-15(11-24)23-19(28)18-10-17(27)12-25(18)21(30)33-13-14-4-6-16(7-5-14)26(31)32/h4-7,15,17-18,27H,8-13H2,1-3H3,(H,23,28)/t15-,17?,18+/m0/s1. The maximum absolute atomic E-state index is 12.9. The van der Waals surface area contributed by atoms with E-state index < -0.39 is 40.8 Å². The lowest BCUT2D eigenvalue weighted by Crippen LogP contribution is -2.49. The van der Waals surface area contributed by atoms with Crippen LogP contribution in [0.25, 0.3) is 0 Å². The normalized spacial score (nSPS) is 22.4. The molecule has 0 spiro atoms. The van der Waals surface area contributed by atoms with Gasteiger partial charge in [0.15, 0.2) is 0 Å². The van der Waals surface area contributed by atoms with Crippen LogP contribution in [0.1, 0.15) is 39.2 Å². The lowest BCUT2D eigenvalue weighted by atomic mass is 10.1. The number of benzene rings is 1. The van der Waals surface area contributed by atoms with Crippen molar-refractivity contribution in [3.8, 4) is 0 Å². The number of hydrogen-bond donors (Lipinski definition) is 2. The van der Waals surface area contributed by atoms with E-state index in [0.29, 0.717) is 25.1 Å². The number of non-ortho nitro benzene ring substituents is 1. The second-order valence-corrected chi connectivity index (χ2v) is 9.46. The fourth-order valence-corrected chi connectivity index (χ4v) is 3.87. The molecule has 2 aliphatic heterocycles. The lowest BCUT2D eigenvalue weighted by molar-refractivity contribution is -0.384. The van der Waals surface area contributed by atoms with Gasteiger partial charge in [0.1, 0.15) is 18.2 Å². The molecule has 12 nitrogen and oxygen atoms in total. The average molecular weight is 479 g/mol. The number of amides is 3. The van der Waals surface area contributed by atoms with E-state index in [1.165, 1.54) is 34.1 Å². The first-order valence-electron chi connectivity index (χ1n) is 11.1. The predicted octanol–water partition coefficient (Wildman–Crippen LogP) is 1.79. The van der Waals surface area contributed by atoms with Crippen molar-refractivity contribution < 1.29 is 33.9 Å². The molecule has 12 heteroatoms. The Labute approximate surface area is 196 Å². The minimum absolute atomic E-state index is 0.0497. The first kappa shape index (κ1) is 25.2. The zero-order chi connectivity index (χ0) is 25.0. The second kappa shape index (κ2) is 10.2. The van der Waals surface area contributed by atoms with Gasteiger partial charge in [-0.2, -0.15) is 0 Å². The Bertz CT molecular complexity index is 930. The SMILES string of the molecule is CC(C)(C)OC(=O)N1CC[C@H](NC(=O)[C@H]2CC(O)CN2C(=O)OCc2ccc([N+](=O)[O-])cc2)C1. The Hall–Kier alpha value is -3.41. The molecule has 186 valence electrons. The van der Waals surface area contributed by atoms with E-state index in [-0.39, 0.29) is 31.3 Å². The van der Waals surface area contributed by atoms with Crippen LogP contribution in [0.5, 0.6) is 0 Å². The summed E-state index contributed by atoms with van der Waals surface area (Å²) in [5.41, 5.74) is -0.146. The molecule has 2 N–H and O–H groups in total. The van der Waals surface area contributed by atoms with Crippen molar-refractivity contribution in [3.05, 3.63) is 39.9 Å². The third-order valence-corrected chi connectivity index (χ3v) is 5.51. The van der Waals surface area contributed by atoms with E-state index in [0.717, 1.165) is 0 Å². The number of carbonyl (C=O) groups excluding carboxylic acids is 3. The van der Waals surface area contributed by atoms with Crippen molar-refractivity contribution in [2.75, 3.05) is 19.6 Å². The number of aliphatic hydroxyl groups excluding tert-OH is 1. The molecule has 34 heavy (non-hydrogen) atoms. The third kappa shape index (κ3) is 6.56. The smallest absolute Gasteiger partial charge is 0.410 e. The monoisotopic (exact) mass is 478 g/mol. The highest BCUT2D eigenvalue weighted by molar-refractivity contribution is 5.86. The highest BCUT2D eigenvalue weighted by Gasteiger charge is 2.41. The van der Waals surface area contributed by atoms with Crippen LogP contribution >= 0.6 is 0 Å². The molecule has 2 saturated heterocycles. The predicted molar refractivity (Wildman–Crippen MR) is 119 cm³/mol. The van der Waals surface area contributed by atoms with Crippen LogP contribution in [-0.2, 0) is 20.9 Å². The highest BCUT2D eigenvalue weighted by Crippen LogP contribution is 2.22. The van der Waals surface area contributed by atoms with Crippen LogP contribution in [0, 0.1) is 10.1 Å². The average Bonchev–Trinajstić information content (AvgIpc) is 3.38. The molecule has 2 heterocycles. The number of likely N-dealkylation sites (tertiary alicyclic amines) is 2. The van der Waals surface area contributed by atoms with E-state index in [4.69, 9.17) is 9.47 Å². The zero-order valence-corrected chi connectivity index (χ0v) is 19.4. The fourth-order valence-electron chi connectivity index (χ4n) is 3.87. The summed E-state index contributed by atoms with van der Waals surface area (Å²) in [5.74, 6) is -0.431. The van der Waals surface area contributed by atoms with Gasteiger partial charge in [-0.1, -0.05) is 0 Å². The van der Waals surface area contributed by atoms with Gasteiger partial charge >= 0.3 is 12.2 Å². The molecule has 3 amide bonds. The summed E-state index contributed by atoms with van der Waals surface area (Å²) in [5, 5.41) is 23.6. The molecule has 2 aliphatic rings. The van der Waals surface area contributed by atoms with Crippen LogP contribution < -0.4 is 5.32 Å². The number of nitro benzene ring substituents is 1. The Balaban J connectivity index is 1.53. The molecule has 0 aliphatic carbocycles. The number of nitrogens with one attached hydrogen (secondary N) is 1.